The summed E-state index contributed by atoms with van der Waals surface area (Å²) in [6, 6.07) is 9.74. The van der Waals surface area contributed by atoms with Crippen LogP contribution in [0.15, 0.2) is 30.3 Å². The van der Waals surface area contributed by atoms with E-state index in [-0.39, 0.29) is 12.3 Å². The first-order chi connectivity index (χ1) is 6.74. The predicted octanol–water partition coefficient (Wildman–Crippen LogP) is 2.56. The fourth-order valence-corrected chi connectivity index (χ4v) is 1.79. The van der Waals surface area contributed by atoms with Gasteiger partial charge < -0.3 is 5.11 Å². The zero-order valence-corrected chi connectivity index (χ0v) is 8.78. The van der Waals surface area contributed by atoms with E-state index < -0.39 is 5.97 Å². The van der Waals surface area contributed by atoms with Crippen LogP contribution in [0.5, 0.6) is 0 Å². The Morgan fingerprint density at radius 1 is 1.36 bits per heavy atom. The summed E-state index contributed by atoms with van der Waals surface area (Å²) < 4.78 is 0. The average Bonchev–Trinajstić information content (AvgIpc) is 2.18. The summed E-state index contributed by atoms with van der Waals surface area (Å²) >= 11 is 4.14. The zero-order valence-electron chi connectivity index (χ0n) is 7.89. The van der Waals surface area contributed by atoms with Crippen molar-refractivity contribution in [3.8, 4) is 0 Å². The lowest BCUT2D eigenvalue weighted by Gasteiger charge is -2.13. The third-order valence-electron chi connectivity index (χ3n) is 2.17. The lowest BCUT2D eigenvalue weighted by Crippen LogP contribution is -2.06. The molecule has 2 nitrogen and oxygen atoms in total. The van der Waals surface area contributed by atoms with Gasteiger partial charge in [0.2, 0.25) is 0 Å². The smallest absolute Gasteiger partial charge is 0.303 e. The summed E-state index contributed by atoms with van der Waals surface area (Å²) in [5.74, 6) is 0.0548. The van der Waals surface area contributed by atoms with E-state index in [1.54, 1.807) is 0 Å². The molecular weight excluding hydrogens is 196 g/mol. The highest BCUT2D eigenvalue weighted by molar-refractivity contribution is 7.80. The van der Waals surface area contributed by atoms with Gasteiger partial charge in [0.25, 0.3) is 0 Å². The molecular formula is C11H14O2S. The SMILES string of the molecule is O=C(O)CC(CCS)c1ccccc1. The van der Waals surface area contributed by atoms with Gasteiger partial charge in [0, 0.05) is 0 Å². The molecule has 0 aliphatic heterocycles. The molecule has 1 rings (SSSR count). The maximum absolute atomic E-state index is 10.6. The molecule has 0 aliphatic rings. The molecule has 0 radical (unpaired) electrons. The fraction of sp³-hybridized carbons (Fsp3) is 0.364. The Balaban J connectivity index is 2.72. The Labute approximate surface area is 89.4 Å². The Bertz CT molecular complexity index is 285. The van der Waals surface area contributed by atoms with Gasteiger partial charge in [-0.2, -0.15) is 12.6 Å². The van der Waals surface area contributed by atoms with Crippen LogP contribution in [0, 0.1) is 0 Å². The second-order valence-electron chi connectivity index (χ2n) is 3.22. The molecule has 1 N–H and O–H groups in total. The van der Waals surface area contributed by atoms with Crippen LogP contribution in [0.3, 0.4) is 0 Å². The molecule has 1 aromatic rings. The van der Waals surface area contributed by atoms with Gasteiger partial charge in [-0.15, -0.1) is 0 Å². The van der Waals surface area contributed by atoms with Crippen molar-refractivity contribution in [3.63, 3.8) is 0 Å². The molecule has 0 bridgehead atoms. The summed E-state index contributed by atoms with van der Waals surface area (Å²) in [6.45, 7) is 0. The normalized spacial score (nSPS) is 12.4. The Hall–Kier alpha value is -0.960. The van der Waals surface area contributed by atoms with Gasteiger partial charge in [-0.1, -0.05) is 30.3 Å². The van der Waals surface area contributed by atoms with Crippen LogP contribution in [-0.4, -0.2) is 16.8 Å². The van der Waals surface area contributed by atoms with Gasteiger partial charge in [0.05, 0.1) is 6.42 Å². The van der Waals surface area contributed by atoms with Crippen LogP contribution in [-0.2, 0) is 4.79 Å². The zero-order chi connectivity index (χ0) is 10.4. The molecule has 76 valence electrons. The van der Waals surface area contributed by atoms with Gasteiger partial charge in [-0.3, -0.25) is 4.79 Å². The van der Waals surface area contributed by atoms with E-state index in [2.05, 4.69) is 12.6 Å². The summed E-state index contributed by atoms with van der Waals surface area (Å²) in [5.41, 5.74) is 1.09. The van der Waals surface area contributed by atoms with Gasteiger partial charge in [-0.05, 0) is 23.7 Å². The van der Waals surface area contributed by atoms with E-state index in [1.807, 2.05) is 30.3 Å². The van der Waals surface area contributed by atoms with Crippen molar-refractivity contribution in [1.29, 1.82) is 0 Å². The molecule has 0 fully saturated rings. The van der Waals surface area contributed by atoms with E-state index in [0.29, 0.717) is 5.75 Å². The van der Waals surface area contributed by atoms with Crippen LogP contribution in [0.1, 0.15) is 24.3 Å². The first-order valence-corrected chi connectivity index (χ1v) is 5.25. The molecule has 0 heterocycles. The van der Waals surface area contributed by atoms with Gasteiger partial charge >= 0.3 is 5.97 Å². The minimum Gasteiger partial charge on any atom is -0.481 e. The summed E-state index contributed by atoms with van der Waals surface area (Å²) in [6.07, 6.45) is 0.990. The van der Waals surface area contributed by atoms with E-state index >= 15 is 0 Å². The van der Waals surface area contributed by atoms with Crippen molar-refractivity contribution >= 4 is 18.6 Å². The third kappa shape index (κ3) is 3.42. The van der Waals surface area contributed by atoms with E-state index in [1.165, 1.54) is 0 Å². The highest BCUT2D eigenvalue weighted by Gasteiger charge is 2.13. The number of benzene rings is 1. The Morgan fingerprint density at radius 3 is 2.50 bits per heavy atom. The van der Waals surface area contributed by atoms with Crippen LogP contribution in [0.2, 0.25) is 0 Å². The number of rotatable bonds is 5. The van der Waals surface area contributed by atoms with Crippen molar-refractivity contribution in [2.24, 2.45) is 0 Å². The number of hydrogen-bond donors (Lipinski definition) is 2. The molecule has 0 aromatic heterocycles. The molecule has 0 aliphatic carbocycles. The first kappa shape index (κ1) is 11.1. The molecule has 1 unspecified atom stereocenters. The molecule has 1 aromatic carbocycles. The topological polar surface area (TPSA) is 37.3 Å². The monoisotopic (exact) mass is 210 g/mol. The van der Waals surface area contributed by atoms with Crippen molar-refractivity contribution in [1.82, 2.24) is 0 Å². The minimum atomic E-state index is -0.749. The highest BCUT2D eigenvalue weighted by Crippen LogP contribution is 2.23. The first-order valence-electron chi connectivity index (χ1n) is 4.61. The maximum atomic E-state index is 10.6. The fourth-order valence-electron chi connectivity index (χ4n) is 1.48. The predicted molar refractivity (Wildman–Crippen MR) is 59.9 cm³/mol. The van der Waals surface area contributed by atoms with E-state index in [9.17, 15) is 4.79 Å². The minimum absolute atomic E-state index is 0.0891. The van der Waals surface area contributed by atoms with Gasteiger partial charge in [0.15, 0.2) is 0 Å². The second kappa shape index (κ2) is 5.70. The number of aliphatic carboxylic acids is 1. The van der Waals surface area contributed by atoms with Crippen molar-refractivity contribution in [2.45, 2.75) is 18.8 Å². The average molecular weight is 210 g/mol. The van der Waals surface area contributed by atoms with Crippen LogP contribution < -0.4 is 0 Å². The lowest BCUT2D eigenvalue weighted by molar-refractivity contribution is -0.137. The number of hydrogen-bond acceptors (Lipinski definition) is 2. The van der Waals surface area contributed by atoms with E-state index in [0.717, 1.165) is 12.0 Å². The summed E-state index contributed by atoms with van der Waals surface area (Å²) in [5, 5.41) is 8.75. The van der Waals surface area contributed by atoms with Gasteiger partial charge in [0.1, 0.15) is 0 Å². The molecule has 1 atom stereocenters. The quantitative estimate of drug-likeness (QED) is 0.733. The maximum Gasteiger partial charge on any atom is 0.303 e. The number of carboxylic acid groups (broad SMARTS) is 1. The van der Waals surface area contributed by atoms with Crippen LogP contribution in [0.4, 0.5) is 0 Å². The van der Waals surface area contributed by atoms with Crippen LogP contribution >= 0.6 is 12.6 Å². The van der Waals surface area contributed by atoms with Crippen LogP contribution in [0.25, 0.3) is 0 Å². The van der Waals surface area contributed by atoms with E-state index in [4.69, 9.17) is 5.11 Å². The van der Waals surface area contributed by atoms with Crippen molar-refractivity contribution in [3.05, 3.63) is 35.9 Å². The molecule has 3 heteroatoms. The largest absolute Gasteiger partial charge is 0.481 e. The molecule has 0 saturated heterocycles. The Morgan fingerprint density at radius 2 is 2.00 bits per heavy atom. The lowest BCUT2D eigenvalue weighted by atomic mass is 9.93. The number of thiol groups is 1. The molecule has 0 amide bonds. The third-order valence-corrected chi connectivity index (χ3v) is 2.43. The number of carbonyl (C=O) groups is 1. The molecule has 0 saturated carbocycles. The van der Waals surface area contributed by atoms with Crippen molar-refractivity contribution < 1.29 is 9.90 Å². The standard InChI is InChI=1S/C11H14O2S/c12-11(13)8-10(6-7-14)9-4-2-1-3-5-9/h1-5,10,14H,6-8H2,(H,12,13). The Kier molecular flexibility index (Phi) is 4.53. The summed E-state index contributed by atoms with van der Waals surface area (Å²) in [4.78, 5) is 10.6. The molecule has 14 heavy (non-hydrogen) atoms. The molecule has 0 spiro atoms. The van der Waals surface area contributed by atoms with Gasteiger partial charge in [-0.25, -0.2) is 0 Å². The highest BCUT2D eigenvalue weighted by atomic mass is 32.1. The second-order valence-corrected chi connectivity index (χ2v) is 3.66. The summed E-state index contributed by atoms with van der Waals surface area (Å²) in [7, 11) is 0. The van der Waals surface area contributed by atoms with Crippen molar-refractivity contribution in [2.75, 3.05) is 5.75 Å². The number of carboxylic acids is 1.